The number of halogens is 4. The first-order chi connectivity index (χ1) is 9.29. The minimum absolute atomic E-state index is 0.128. The molecule has 0 amide bonds. The number of hydrogen-bond donors (Lipinski definition) is 0. The number of alkyl halides is 3. The van der Waals surface area contributed by atoms with Gasteiger partial charge in [-0.2, -0.15) is 17.6 Å². The molecule has 20 heavy (non-hydrogen) atoms. The van der Waals surface area contributed by atoms with Crippen molar-refractivity contribution >= 4 is 5.69 Å². The Kier molecular flexibility index (Phi) is 3.44. The molecule has 0 spiro atoms. The van der Waals surface area contributed by atoms with Crippen LogP contribution in [0.2, 0.25) is 0 Å². The van der Waals surface area contributed by atoms with Crippen molar-refractivity contribution < 1.29 is 22.5 Å². The lowest BCUT2D eigenvalue weighted by molar-refractivity contribution is -0.387. The molecule has 0 N–H and O–H groups in total. The van der Waals surface area contributed by atoms with Crippen LogP contribution >= 0.6 is 0 Å². The van der Waals surface area contributed by atoms with E-state index in [2.05, 4.69) is 0 Å². The van der Waals surface area contributed by atoms with E-state index < -0.39 is 28.2 Å². The van der Waals surface area contributed by atoms with Gasteiger partial charge in [-0.25, -0.2) is 0 Å². The molecule has 104 valence electrons. The summed E-state index contributed by atoms with van der Waals surface area (Å²) in [7, 11) is 0. The minimum Gasteiger partial charge on any atom is -0.258 e. The zero-order valence-corrected chi connectivity index (χ0v) is 9.82. The van der Waals surface area contributed by atoms with E-state index in [0.717, 1.165) is 24.3 Å². The van der Waals surface area contributed by atoms with Gasteiger partial charge in [0.15, 0.2) is 0 Å². The Bertz CT molecular complexity index is 668. The molecule has 0 aliphatic heterocycles. The van der Waals surface area contributed by atoms with E-state index in [1.165, 1.54) is 18.2 Å². The first kappa shape index (κ1) is 14.0. The van der Waals surface area contributed by atoms with Crippen LogP contribution < -0.4 is 0 Å². The summed E-state index contributed by atoms with van der Waals surface area (Å²) in [6.45, 7) is 0. The molecule has 2 rings (SSSR count). The fraction of sp³-hybridized carbons (Fsp3) is 0.0769. The van der Waals surface area contributed by atoms with Crippen LogP contribution in [-0.2, 0) is 6.18 Å². The van der Waals surface area contributed by atoms with Crippen molar-refractivity contribution in [3.63, 3.8) is 0 Å². The standard InChI is InChI=1S/C13H7F4NO2/c14-11-5-4-9(7-12(11)18(19)20)8-2-1-3-10(6-8)13(15,16)17/h1-7H. The van der Waals surface area contributed by atoms with Gasteiger partial charge < -0.3 is 0 Å². The monoisotopic (exact) mass is 285 g/mol. The van der Waals surface area contributed by atoms with Crippen molar-refractivity contribution in [2.45, 2.75) is 6.18 Å². The lowest BCUT2D eigenvalue weighted by Gasteiger charge is -2.09. The van der Waals surface area contributed by atoms with Gasteiger partial charge in [0.1, 0.15) is 0 Å². The highest BCUT2D eigenvalue weighted by atomic mass is 19.4. The van der Waals surface area contributed by atoms with E-state index in [4.69, 9.17) is 0 Å². The highest BCUT2D eigenvalue weighted by molar-refractivity contribution is 5.67. The molecule has 2 aromatic carbocycles. The summed E-state index contributed by atoms with van der Waals surface area (Å²) in [4.78, 5) is 9.69. The van der Waals surface area contributed by atoms with Gasteiger partial charge in [-0.3, -0.25) is 10.1 Å². The zero-order valence-electron chi connectivity index (χ0n) is 9.82. The van der Waals surface area contributed by atoms with Crippen LogP contribution in [-0.4, -0.2) is 4.92 Å². The molecule has 0 fully saturated rings. The van der Waals surface area contributed by atoms with Crippen molar-refractivity contribution in [1.29, 1.82) is 0 Å². The number of benzene rings is 2. The van der Waals surface area contributed by atoms with Crippen LogP contribution in [0.15, 0.2) is 42.5 Å². The van der Waals surface area contributed by atoms with Crippen LogP contribution in [0.25, 0.3) is 11.1 Å². The minimum atomic E-state index is -4.51. The smallest absolute Gasteiger partial charge is 0.258 e. The van der Waals surface area contributed by atoms with Crippen molar-refractivity contribution in [3.05, 3.63) is 64.0 Å². The summed E-state index contributed by atoms with van der Waals surface area (Å²) in [6.07, 6.45) is -4.51. The Morgan fingerprint density at radius 3 is 2.25 bits per heavy atom. The van der Waals surface area contributed by atoms with E-state index >= 15 is 0 Å². The third-order valence-electron chi connectivity index (χ3n) is 2.67. The maximum absolute atomic E-state index is 13.2. The van der Waals surface area contributed by atoms with E-state index in [1.54, 1.807) is 0 Å². The molecule has 3 nitrogen and oxygen atoms in total. The normalized spacial score (nSPS) is 11.4. The van der Waals surface area contributed by atoms with Crippen molar-refractivity contribution in [2.75, 3.05) is 0 Å². The Morgan fingerprint density at radius 2 is 1.65 bits per heavy atom. The van der Waals surface area contributed by atoms with Crippen LogP contribution in [0.5, 0.6) is 0 Å². The Labute approximate surface area is 110 Å². The highest BCUT2D eigenvalue weighted by Crippen LogP contribution is 2.33. The molecule has 0 heterocycles. The summed E-state index contributed by atoms with van der Waals surface area (Å²) < 4.78 is 50.9. The first-order valence-electron chi connectivity index (χ1n) is 5.40. The van der Waals surface area contributed by atoms with E-state index in [0.29, 0.717) is 0 Å². The molecule has 0 saturated carbocycles. The number of hydrogen-bond acceptors (Lipinski definition) is 2. The molecule has 2 aromatic rings. The van der Waals surface area contributed by atoms with Gasteiger partial charge in [0, 0.05) is 6.07 Å². The van der Waals surface area contributed by atoms with Crippen molar-refractivity contribution in [3.8, 4) is 11.1 Å². The maximum atomic E-state index is 13.2. The summed E-state index contributed by atoms with van der Waals surface area (Å²) in [6, 6.07) is 7.26. The van der Waals surface area contributed by atoms with Gasteiger partial charge in [0.05, 0.1) is 10.5 Å². The highest BCUT2D eigenvalue weighted by Gasteiger charge is 2.30. The van der Waals surface area contributed by atoms with Crippen LogP contribution in [0.3, 0.4) is 0 Å². The van der Waals surface area contributed by atoms with Crippen LogP contribution in [0.4, 0.5) is 23.2 Å². The molecule has 7 heteroatoms. The summed E-state index contributed by atoms with van der Waals surface area (Å²) in [5.74, 6) is -1.04. The van der Waals surface area contributed by atoms with Gasteiger partial charge >= 0.3 is 11.9 Å². The zero-order chi connectivity index (χ0) is 14.9. The first-order valence-corrected chi connectivity index (χ1v) is 5.40. The lowest BCUT2D eigenvalue weighted by Crippen LogP contribution is -2.04. The quantitative estimate of drug-likeness (QED) is 0.465. The molecule has 0 saturated heterocycles. The molecule has 0 aliphatic rings. The largest absolute Gasteiger partial charge is 0.416 e. The number of nitro benzene ring substituents is 1. The maximum Gasteiger partial charge on any atom is 0.416 e. The van der Waals surface area contributed by atoms with Gasteiger partial charge in [-0.1, -0.05) is 18.2 Å². The second kappa shape index (κ2) is 4.92. The van der Waals surface area contributed by atoms with Crippen molar-refractivity contribution in [2.24, 2.45) is 0 Å². The molecular formula is C13H7F4NO2. The van der Waals surface area contributed by atoms with Crippen LogP contribution in [0, 0.1) is 15.9 Å². The second-order valence-electron chi connectivity index (χ2n) is 4.00. The average molecular weight is 285 g/mol. The average Bonchev–Trinajstić information content (AvgIpc) is 2.38. The lowest BCUT2D eigenvalue weighted by atomic mass is 10.0. The SMILES string of the molecule is O=[N+]([O-])c1cc(-c2cccc(C(F)(F)F)c2)ccc1F. The van der Waals surface area contributed by atoms with Gasteiger partial charge in [0.25, 0.3) is 0 Å². The molecule has 0 atom stereocenters. The summed E-state index contributed by atoms with van der Waals surface area (Å²) in [5.41, 5.74) is -1.38. The Morgan fingerprint density at radius 1 is 1.00 bits per heavy atom. The topological polar surface area (TPSA) is 43.1 Å². The molecule has 0 radical (unpaired) electrons. The number of nitrogens with zero attached hydrogens (tertiary/aromatic N) is 1. The predicted octanol–water partition coefficient (Wildman–Crippen LogP) is 4.42. The number of nitro groups is 1. The van der Waals surface area contributed by atoms with Crippen molar-refractivity contribution in [1.82, 2.24) is 0 Å². The molecule has 0 aliphatic carbocycles. The van der Waals surface area contributed by atoms with Crippen LogP contribution in [0.1, 0.15) is 5.56 Å². The summed E-state index contributed by atoms with van der Waals surface area (Å²) in [5, 5.41) is 10.6. The molecular weight excluding hydrogens is 278 g/mol. The van der Waals surface area contributed by atoms with Gasteiger partial charge in [-0.05, 0) is 29.3 Å². The molecule has 0 aromatic heterocycles. The Balaban J connectivity index is 2.52. The fourth-order valence-corrected chi connectivity index (χ4v) is 1.71. The molecule has 0 unspecified atom stereocenters. The Hall–Kier alpha value is -2.44. The van der Waals surface area contributed by atoms with E-state index in [9.17, 15) is 27.7 Å². The fourth-order valence-electron chi connectivity index (χ4n) is 1.71. The summed E-state index contributed by atoms with van der Waals surface area (Å²) >= 11 is 0. The third-order valence-corrected chi connectivity index (χ3v) is 2.67. The molecule has 0 bridgehead atoms. The number of rotatable bonds is 2. The third kappa shape index (κ3) is 2.76. The predicted molar refractivity (Wildman–Crippen MR) is 63.5 cm³/mol. The van der Waals surface area contributed by atoms with E-state index in [-0.39, 0.29) is 11.1 Å². The van der Waals surface area contributed by atoms with Gasteiger partial charge in [-0.15, -0.1) is 0 Å². The van der Waals surface area contributed by atoms with Gasteiger partial charge in [0.2, 0.25) is 5.82 Å². The second-order valence-corrected chi connectivity index (χ2v) is 4.00. The van der Waals surface area contributed by atoms with E-state index in [1.807, 2.05) is 0 Å².